The van der Waals surface area contributed by atoms with Crippen molar-refractivity contribution in [1.29, 1.82) is 0 Å². The van der Waals surface area contributed by atoms with Crippen LogP contribution < -0.4 is 5.73 Å². The van der Waals surface area contributed by atoms with Gasteiger partial charge in [0.15, 0.2) is 0 Å². The molecule has 0 radical (unpaired) electrons. The van der Waals surface area contributed by atoms with Crippen LogP contribution in [-0.2, 0) is 10.1 Å². The Morgan fingerprint density at radius 2 is 1.83 bits per heavy atom. The van der Waals surface area contributed by atoms with Gasteiger partial charge in [-0.3, -0.25) is 4.55 Å². The first-order valence-electron chi connectivity index (χ1n) is 3.63. The van der Waals surface area contributed by atoms with Gasteiger partial charge in [-0.05, 0) is 26.5 Å². The Morgan fingerprint density at radius 1 is 1.50 bits per heavy atom. The lowest BCUT2D eigenvalue weighted by atomic mass is 10.4. The predicted octanol–water partition coefficient (Wildman–Crippen LogP) is 1.15. The van der Waals surface area contributed by atoms with Crippen LogP contribution >= 0.6 is 0 Å². The van der Waals surface area contributed by atoms with E-state index >= 15 is 0 Å². The molecule has 0 amide bonds. The van der Waals surface area contributed by atoms with E-state index in [0.29, 0.717) is 6.42 Å². The van der Waals surface area contributed by atoms with E-state index in [-0.39, 0.29) is 5.75 Å². The Morgan fingerprint density at radius 3 is 1.83 bits per heavy atom. The number of hydrogen-bond donors (Lipinski definition) is 2. The second-order valence-corrected chi connectivity index (χ2v) is 4.10. The third-order valence-corrected chi connectivity index (χ3v) is 1.72. The Bertz CT molecular complexity index is 215. The highest BCUT2D eigenvalue weighted by molar-refractivity contribution is 7.85. The molecule has 0 aromatic carbocycles. The van der Waals surface area contributed by atoms with Crippen LogP contribution in [0.2, 0.25) is 0 Å². The minimum atomic E-state index is -3.67. The molecule has 4 nitrogen and oxygen atoms in total. The standard InChI is InChI=1S/C4H9N.C3H8O3S/c1-4(2)3-5;1-2-3-7(4,5)6/h3H,5H2,1-2H3;2-3H2,1H3,(H,4,5,6). The molecule has 74 valence electrons. The van der Waals surface area contributed by atoms with Crippen LogP contribution in [0.15, 0.2) is 11.8 Å². The number of allylic oxidation sites excluding steroid dienone is 1. The predicted molar refractivity (Wildman–Crippen MR) is 50.3 cm³/mol. The van der Waals surface area contributed by atoms with Gasteiger partial charge in [-0.2, -0.15) is 8.42 Å². The molecule has 0 aromatic rings. The lowest BCUT2D eigenvalue weighted by Crippen LogP contribution is -2.01. The highest BCUT2D eigenvalue weighted by atomic mass is 32.2. The van der Waals surface area contributed by atoms with Crippen molar-refractivity contribution in [3.8, 4) is 0 Å². The van der Waals surface area contributed by atoms with E-state index in [1.165, 1.54) is 0 Å². The van der Waals surface area contributed by atoms with E-state index in [2.05, 4.69) is 0 Å². The van der Waals surface area contributed by atoms with Crippen molar-refractivity contribution < 1.29 is 13.0 Å². The van der Waals surface area contributed by atoms with Crippen molar-refractivity contribution in [3.05, 3.63) is 11.8 Å². The van der Waals surface area contributed by atoms with E-state index in [4.69, 9.17) is 10.3 Å². The summed E-state index contributed by atoms with van der Waals surface area (Å²) in [5, 5.41) is 0. The molecule has 0 aliphatic carbocycles. The fraction of sp³-hybridized carbons (Fsp3) is 0.714. The van der Waals surface area contributed by atoms with Crippen molar-refractivity contribution in [2.75, 3.05) is 5.75 Å². The van der Waals surface area contributed by atoms with Crippen LogP contribution in [0.1, 0.15) is 27.2 Å². The molecule has 0 aliphatic heterocycles. The molecule has 12 heavy (non-hydrogen) atoms. The van der Waals surface area contributed by atoms with Gasteiger partial charge in [-0.25, -0.2) is 0 Å². The number of rotatable bonds is 2. The van der Waals surface area contributed by atoms with Crippen LogP contribution in [0.5, 0.6) is 0 Å². The first kappa shape index (κ1) is 14.0. The topological polar surface area (TPSA) is 80.4 Å². The van der Waals surface area contributed by atoms with Gasteiger partial charge in [0.2, 0.25) is 0 Å². The summed E-state index contributed by atoms with van der Waals surface area (Å²) in [4.78, 5) is 0. The smallest absolute Gasteiger partial charge is 0.264 e. The third-order valence-electron chi connectivity index (χ3n) is 0.795. The van der Waals surface area contributed by atoms with Gasteiger partial charge in [0.25, 0.3) is 10.1 Å². The Labute approximate surface area is 74.2 Å². The van der Waals surface area contributed by atoms with Crippen LogP contribution in [0.3, 0.4) is 0 Å². The van der Waals surface area contributed by atoms with Crippen molar-refractivity contribution in [1.82, 2.24) is 0 Å². The maximum Gasteiger partial charge on any atom is 0.264 e. The zero-order valence-corrected chi connectivity index (χ0v) is 8.56. The Kier molecular flexibility index (Phi) is 8.31. The van der Waals surface area contributed by atoms with E-state index in [1.54, 1.807) is 13.1 Å². The summed E-state index contributed by atoms with van der Waals surface area (Å²) in [6, 6.07) is 0. The molecule has 0 saturated heterocycles. The second-order valence-electron chi connectivity index (χ2n) is 2.53. The van der Waals surface area contributed by atoms with Crippen LogP contribution in [0.4, 0.5) is 0 Å². The Balaban J connectivity index is 0. The molecule has 0 rings (SSSR count). The molecule has 5 heteroatoms. The summed E-state index contributed by atoms with van der Waals surface area (Å²) in [5.41, 5.74) is 6.17. The summed E-state index contributed by atoms with van der Waals surface area (Å²) in [6.45, 7) is 5.60. The van der Waals surface area contributed by atoms with Crippen molar-refractivity contribution in [2.24, 2.45) is 5.73 Å². The minimum absolute atomic E-state index is 0.132. The van der Waals surface area contributed by atoms with E-state index in [1.807, 2.05) is 13.8 Å². The molecule has 0 aromatic heterocycles. The van der Waals surface area contributed by atoms with E-state index < -0.39 is 10.1 Å². The van der Waals surface area contributed by atoms with Gasteiger partial charge in [0.1, 0.15) is 0 Å². The number of hydrogen-bond acceptors (Lipinski definition) is 3. The minimum Gasteiger partial charge on any atom is -0.405 e. The van der Waals surface area contributed by atoms with Crippen molar-refractivity contribution in [3.63, 3.8) is 0 Å². The Hall–Kier alpha value is -0.550. The lowest BCUT2D eigenvalue weighted by molar-refractivity contribution is 0.482. The molecule has 0 saturated carbocycles. The largest absolute Gasteiger partial charge is 0.405 e. The first-order valence-corrected chi connectivity index (χ1v) is 5.24. The van der Waals surface area contributed by atoms with Crippen LogP contribution in [-0.4, -0.2) is 18.7 Å². The zero-order valence-electron chi connectivity index (χ0n) is 7.74. The van der Waals surface area contributed by atoms with E-state index in [9.17, 15) is 8.42 Å². The van der Waals surface area contributed by atoms with E-state index in [0.717, 1.165) is 5.57 Å². The van der Waals surface area contributed by atoms with Gasteiger partial charge < -0.3 is 5.73 Å². The molecule has 0 aliphatic rings. The SMILES string of the molecule is CC(C)=CN.CCCS(=O)(=O)O. The van der Waals surface area contributed by atoms with Gasteiger partial charge >= 0.3 is 0 Å². The molecule has 0 spiro atoms. The monoisotopic (exact) mass is 195 g/mol. The molecule has 3 N–H and O–H groups in total. The molecule has 0 atom stereocenters. The third kappa shape index (κ3) is 22.7. The molecule has 0 heterocycles. The summed E-state index contributed by atoms with van der Waals surface area (Å²) >= 11 is 0. The average Bonchev–Trinajstić information content (AvgIpc) is 1.86. The summed E-state index contributed by atoms with van der Waals surface area (Å²) in [6.07, 6.45) is 2.05. The first-order chi connectivity index (χ1) is 5.33. The van der Waals surface area contributed by atoms with Crippen LogP contribution in [0.25, 0.3) is 0 Å². The van der Waals surface area contributed by atoms with Crippen molar-refractivity contribution in [2.45, 2.75) is 27.2 Å². The molecule has 0 fully saturated rings. The normalized spacial score (nSPS) is 9.67. The van der Waals surface area contributed by atoms with Crippen molar-refractivity contribution >= 4 is 10.1 Å². The van der Waals surface area contributed by atoms with Gasteiger partial charge in [-0.1, -0.05) is 12.5 Å². The fourth-order valence-corrected chi connectivity index (χ4v) is 0.774. The van der Waals surface area contributed by atoms with Gasteiger partial charge in [0.05, 0.1) is 5.75 Å². The molecule has 0 bridgehead atoms. The fourth-order valence-electron chi connectivity index (χ4n) is 0.258. The molecular formula is C7H17NO3S. The lowest BCUT2D eigenvalue weighted by Gasteiger charge is -1.85. The quantitative estimate of drug-likeness (QED) is 0.648. The maximum atomic E-state index is 9.79. The van der Waals surface area contributed by atoms with Gasteiger partial charge in [-0.15, -0.1) is 0 Å². The summed E-state index contributed by atoms with van der Waals surface area (Å²) in [7, 11) is -3.67. The highest BCUT2D eigenvalue weighted by Crippen LogP contribution is 1.83. The molecular weight excluding hydrogens is 178 g/mol. The highest BCUT2D eigenvalue weighted by Gasteiger charge is 1.98. The number of nitrogens with two attached hydrogens (primary N) is 1. The van der Waals surface area contributed by atoms with Gasteiger partial charge in [0, 0.05) is 0 Å². The second kappa shape index (κ2) is 7.12. The molecule has 0 unspecified atom stereocenters. The van der Waals surface area contributed by atoms with Crippen LogP contribution in [0, 0.1) is 0 Å². The summed E-state index contributed by atoms with van der Waals surface area (Å²) < 4.78 is 27.6. The summed E-state index contributed by atoms with van der Waals surface area (Å²) in [5.74, 6) is -0.132. The maximum absolute atomic E-state index is 9.79. The average molecular weight is 195 g/mol. The zero-order chi connectivity index (χ0) is 10.2.